The largest absolute Gasteiger partial charge is 0.479 e. The van der Waals surface area contributed by atoms with E-state index in [0.29, 0.717) is 19.4 Å². The zero-order valence-electron chi connectivity index (χ0n) is 13.8. The lowest BCUT2D eigenvalue weighted by atomic mass is 9.54. The average molecular weight is 320 g/mol. The summed E-state index contributed by atoms with van der Waals surface area (Å²) >= 11 is 0. The molecule has 1 aromatic heterocycles. The quantitative estimate of drug-likeness (QED) is 0.799. The van der Waals surface area contributed by atoms with Gasteiger partial charge in [-0.2, -0.15) is 0 Å². The van der Waals surface area contributed by atoms with Crippen LogP contribution in [0.15, 0.2) is 24.4 Å². The number of hydrogen-bond donors (Lipinski definition) is 2. The minimum Gasteiger partial charge on any atom is -0.479 e. The van der Waals surface area contributed by atoms with Crippen LogP contribution < -0.4 is 5.32 Å². The van der Waals surface area contributed by atoms with Crippen molar-refractivity contribution in [1.82, 2.24) is 10.3 Å². The van der Waals surface area contributed by atoms with Crippen LogP contribution in [-0.4, -0.2) is 40.2 Å². The van der Waals surface area contributed by atoms with Gasteiger partial charge in [-0.3, -0.25) is 9.78 Å². The number of rotatable bonds is 7. The number of carbonyl (C=O) groups is 2. The first-order valence-corrected chi connectivity index (χ1v) is 7.89. The van der Waals surface area contributed by atoms with E-state index >= 15 is 0 Å². The van der Waals surface area contributed by atoms with Gasteiger partial charge in [-0.1, -0.05) is 19.9 Å². The normalized spacial score (nSPS) is 25.4. The molecule has 1 saturated carbocycles. The summed E-state index contributed by atoms with van der Waals surface area (Å²) in [6.07, 6.45) is 2.49. The Balaban J connectivity index is 2.00. The summed E-state index contributed by atoms with van der Waals surface area (Å²) < 4.78 is 5.58. The van der Waals surface area contributed by atoms with Gasteiger partial charge < -0.3 is 15.2 Å². The SMILES string of the molecule is CCOC1CC(NC(=O)CCc2ccccn2)(C(=O)O)C1(C)C. The number of aromatic nitrogens is 1. The van der Waals surface area contributed by atoms with Gasteiger partial charge in [0.15, 0.2) is 0 Å². The molecule has 1 amide bonds. The predicted molar refractivity (Wildman–Crippen MR) is 84.9 cm³/mol. The van der Waals surface area contributed by atoms with Crippen molar-refractivity contribution in [2.45, 2.75) is 51.7 Å². The van der Waals surface area contributed by atoms with E-state index in [1.54, 1.807) is 6.20 Å². The van der Waals surface area contributed by atoms with Crippen LogP contribution in [0.5, 0.6) is 0 Å². The molecule has 2 atom stereocenters. The van der Waals surface area contributed by atoms with E-state index in [-0.39, 0.29) is 18.4 Å². The maximum Gasteiger partial charge on any atom is 0.330 e. The first-order valence-electron chi connectivity index (χ1n) is 7.89. The molecule has 2 rings (SSSR count). The number of pyridine rings is 1. The van der Waals surface area contributed by atoms with Crippen molar-refractivity contribution < 1.29 is 19.4 Å². The number of ether oxygens (including phenoxy) is 1. The summed E-state index contributed by atoms with van der Waals surface area (Å²) in [5.41, 5.74) is -1.11. The Bertz CT molecular complexity index is 573. The Hall–Kier alpha value is -1.95. The molecular formula is C17H24N2O4. The molecule has 23 heavy (non-hydrogen) atoms. The minimum atomic E-state index is -1.27. The van der Waals surface area contributed by atoms with Crippen molar-refractivity contribution in [2.75, 3.05) is 6.61 Å². The van der Waals surface area contributed by atoms with Crippen molar-refractivity contribution in [3.8, 4) is 0 Å². The molecule has 6 nitrogen and oxygen atoms in total. The van der Waals surface area contributed by atoms with Crippen LogP contribution in [0.1, 0.15) is 39.3 Å². The van der Waals surface area contributed by atoms with E-state index in [2.05, 4.69) is 10.3 Å². The fourth-order valence-electron chi connectivity index (χ4n) is 3.13. The second kappa shape index (κ2) is 6.66. The van der Waals surface area contributed by atoms with E-state index < -0.39 is 16.9 Å². The topological polar surface area (TPSA) is 88.5 Å². The van der Waals surface area contributed by atoms with Gasteiger partial charge in [0.2, 0.25) is 5.91 Å². The molecule has 1 aliphatic rings. The van der Waals surface area contributed by atoms with Gasteiger partial charge in [0.1, 0.15) is 5.54 Å². The monoisotopic (exact) mass is 320 g/mol. The molecule has 0 aliphatic heterocycles. The zero-order valence-corrected chi connectivity index (χ0v) is 13.8. The number of carboxylic acids is 1. The standard InChI is InChI=1S/C17H24N2O4/c1-4-23-13-11-17(15(21)22,16(13,2)3)19-14(20)9-8-12-7-5-6-10-18-12/h5-7,10,13H,4,8-9,11H2,1-3H3,(H,19,20)(H,21,22). The molecule has 1 aliphatic carbocycles. The van der Waals surface area contributed by atoms with E-state index in [9.17, 15) is 14.7 Å². The van der Waals surface area contributed by atoms with Gasteiger partial charge >= 0.3 is 5.97 Å². The first-order chi connectivity index (χ1) is 10.8. The molecule has 0 saturated heterocycles. The summed E-state index contributed by atoms with van der Waals surface area (Å²) in [5.74, 6) is -1.29. The number of aliphatic carboxylic acids is 1. The minimum absolute atomic E-state index is 0.167. The van der Waals surface area contributed by atoms with E-state index in [1.807, 2.05) is 39.0 Å². The molecule has 6 heteroatoms. The summed E-state index contributed by atoms with van der Waals surface area (Å²) in [7, 11) is 0. The fraction of sp³-hybridized carbons (Fsp3) is 0.588. The van der Waals surface area contributed by atoms with Crippen LogP contribution in [0.25, 0.3) is 0 Å². The number of nitrogens with zero attached hydrogens (tertiary/aromatic N) is 1. The molecule has 2 unspecified atom stereocenters. The van der Waals surface area contributed by atoms with Crippen molar-refractivity contribution in [1.29, 1.82) is 0 Å². The molecule has 1 fully saturated rings. The van der Waals surface area contributed by atoms with Gasteiger partial charge in [-0.05, 0) is 25.5 Å². The molecule has 2 N–H and O–H groups in total. The number of aryl methyl sites for hydroxylation is 1. The van der Waals surface area contributed by atoms with Crippen LogP contribution in [0, 0.1) is 5.41 Å². The van der Waals surface area contributed by atoms with E-state index in [4.69, 9.17) is 4.74 Å². The summed E-state index contributed by atoms with van der Waals surface area (Å²) in [6, 6.07) is 5.52. The second-order valence-corrected chi connectivity index (χ2v) is 6.45. The van der Waals surface area contributed by atoms with Crippen LogP contribution in [0.4, 0.5) is 0 Å². The van der Waals surface area contributed by atoms with Gasteiger partial charge in [0, 0.05) is 36.8 Å². The lowest BCUT2D eigenvalue weighted by Crippen LogP contribution is -2.76. The summed E-state index contributed by atoms with van der Waals surface area (Å²) in [6.45, 7) is 6.05. The number of carboxylic acid groups (broad SMARTS) is 1. The number of nitrogens with one attached hydrogen (secondary N) is 1. The summed E-state index contributed by atoms with van der Waals surface area (Å²) in [5, 5.41) is 12.4. The van der Waals surface area contributed by atoms with Crippen molar-refractivity contribution >= 4 is 11.9 Å². The Kier molecular flexibility index (Phi) is 5.04. The smallest absolute Gasteiger partial charge is 0.330 e. The van der Waals surface area contributed by atoms with Crippen LogP contribution in [0.2, 0.25) is 0 Å². The predicted octanol–water partition coefficient (Wildman–Crippen LogP) is 1.79. The van der Waals surface area contributed by atoms with Crippen molar-refractivity contribution in [2.24, 2.45) is 5.41 Å². The Morgan fingerprint density at radius 2 is 2.17 bits per heavy atom. The molecule has 0 aromatic carbocycles. The Labute approximate surface area is 136 Å². The summed E-state index contributed by atoms with van der Waals surface area (Å²) in [4.78, 5) is 28.2. The lowest BCUT2D eigenvalue weighted by molar-refractivity contribution is -0.194. The maximum absolute atomic E-state index is 12.2. The van der Waals surface area contributed by atoms with Gasteiger partial charge in [0.05, 0.1) is 6.10 Å². The van der Waals surface area contributed by atoms with Crippen LogP contribution in [-0.2, 0) is 20.7 Å². The Morgan fingerprint density at radius 3 is 2.70 bits per heavy atom. The highest BCUT2D eigenvalue weighted by Gasteiger charge is 2.66. The highest BCUT2D eigenvalue weighted by Crippen LogP contribution is 2.51. The molecule has 126 valence electrons. The second-order valence-electron chi connectivity index (χ2n) is 6.45. The molecule has 0 radical (unpaired) electrons. The Morgan fingerprint density at radius 1 is 1.43 bits per heavy atom. The van der Waals surface area contributed by atoms with Crippen LogP contribution >= 0.6 is 0 Å². The zero-order chi connectivity index (χ0) is 17.1. The van der Waals surface area contributed by atoms with Crippen LogP contribution in [0.3, 0.4) is 0 Å². The third kappa shape index (κ3) is 3.22. The third-order valence-electron chi connectivity index (χ3n) is 4.82. The molecular weight excluding hydrogens is 296 g/mol. The van der Waals surface area contributed by atoms with Gasteiger partial charge in [-0.25, -0.2) is 4.79 Å². The maximum atomic E-state index is 12.2. The molecule has 1 aromatic rings. The van der Waals surface area contributed by atoms with Crippen molar-refractivity contribution in [3.05, 3.63) is 30.1 Å². The van der Waals surface area contributed by atoms with E-state index in [0.717, 1.165) is 5.69 Å². The van der Waals surface area contributed by atoms with Gasteiger partial charge in [0.25, 0.3) is 0 Å². The van der Waals surface area contributed by atoms with Crippen molar-refractivity contribution in [3.63, 3.8) is 0 Å². The first kappa shape index (κ1) is 17.4. The molecule has 1 heterocycles. The number of amides is 1. The fourth-order valence-corrected chi connectivity index (χ4v) is 3.13. The highest BCUT2D eigenvalue weighted by molar-refractivity contribution is 5.89. The molecule has 0 spiro atoms. The third-order valence-corrected chi connectivity index (χ3v) is 4.82. The molecule has 0 bridgehead atoms. The lowest BCUT2D eigenvalue weighted by Gasteiger charge is -2.58. The van der Waals surface area contributed by atoms with Gasteiger partial charge in [-0.15, -0.1) is 0 Å². The highest BCUT2D eigenvalue weighted by atomic mass is 16.5. The average Bonchev–Trinajstić information content (AvgIpc) is 2.52. The number of hydrogen-bond acceptors (Lipinski definition) is 4. The van der Waals surface area contributed by atoms with E-state index in [1.165, 1.54) is 0 Å². The number of carbonyl (C=O) groups excluding carboxylic acids is 1.